The highest BCUT2D eigenvalue weighted by Crippen LogP contribution is 2.49. The predicted octanol–water partition coefficient (Wildman–Crippen LogP) is 3.12. The molecule has 1 atom stereocenters. The number of fused-ring (bicyclic) bond motifs is 1. The predicted molar refractivity (Wildman–Crippen MR) is 75.3 cm³/mol. The van der Waals surface area contributed by atoms with Crippen LogP contribution in [0.4, 0.5) is 23.7 Å². The third kappa shape index (κ3) is 2.72. The highest BCUT2D eigenvalue weighted by Gasteiger charge is 2.62. The van der Waals surface area contributed by atoms with Crippen molar-refractivity contribution in [1.29, 1.82) is 0 Å². The van der Waals surface area contributed by atoms with E-state index in [1.807, 2.05) is 0 Å². The van der Waals surface area contributed by atoms with Crippen LogP contribution in [0, 0.1) is 11.8 Å². The van der Waals surface area contributed by atoms with Crippen LogP contribution in [0.25, 0.3) is 0 Å². The van der Waals surface area contributed by atoms with E-state index in [4.69, 9.17) is 11.8 Å². The molecule has 0 bridgehead atoms. The average molecular weight is 333 g/mol. The van der Waals surface area contributed by atoms with Crippen LogP contribution in [0.1, 0.15) is 5.56 Å². The van der Waals surface area contributed by atoms with Crippen molar-refractivity contribution in [2.24, 2.45) is 0 Å². The number of hydrogen-bond acceptors (Lipinski definition) is 3. The summed E-state index contributed by atoms with van der Waals surface area (Å²) in [7, 11) is 3.33. The van der Waals surface area contributed by atoms with E-state index in [-0.39, 0.29) is 17.8 Å². The van der Waals surface area contributed by atoms with Crippen molar-refractivity contribution >= 4 is 23.6 Å². The lowest BCUT2D eigenvalue weighted by atomic mass is 9.90. The van der Waals surface area contributed by atoms with Gasteiger partial charge in [-0.1, -0.05) is 24.1 Å². The second-order valence-electron chi connectivity index (χ2n) is 4.88. The number of carbonyl (C=O) groups is 1. The number of nitrogens with zero attached hydrogens (tertiary/aromatic N) is 2. The maximum absolute atomic E-state index is 13.6. The Morgan fingerprint density at radius 1 is 1.36 bits per heavy atom. The van der Waals surface area contributed by atoms with Crippen molar-refractivity contribution in [3.05, 3.63) is 29.8 Å². The van der Waals surface area contributed by atoms with Crippen LogP contribution in [0.5, 0.6) is 0 Å². The molecule has 0 aromatic heterocycles. The van der Waals surface area contributed by atoms with Crippen LogP contribution in [-0.2, 0) is 10.3 Å². The van der Waals surface area contributed by atoms with E-state index in [0.717, 1.165) is 0 Å². The standard InChI is InChI=1S/C14H12ClF3N2O2/c1-19(2)9-5-8-13(14(16,17)18)10-6-3-4-7-11(10)20(15)12(21)22-13/h3-4,6-7H,9H2,1-2H3. The van der Waals surface area contributed by atoms with Crippen LogP contribution in [0.15, 0.2) is 24.3 Å². The van der Waals surface area contributed by atoms with E-state index in [2.05, 4.69) is 16.6 Å². The molecule has 0 fully saturated rings. The number of cyclic esters (lactones) is 1. The van der Waals surface area contributed by atoms with Gasteiger partial charge in [-0.25, -0.2) is 4.79 Å². The summed E-state index contributed by atoms with van der Waals surface area (Å²) < 4.78 is 46.0. The average Bonchev–Trinajstić information content (AvgIpc) is 2.42. The van der Waals surface area contributed by atoms with E-state index >= 15 is 0 Å². The molecule has 0 radical (unpaired) electrons. The number of amides is 1. The zero-order valence-electron chi connectivity index (χ0n) is 11.7. The number of benzene rings is 1. The number of para-hydroxylation sites is 1. The van der Waals surface area contributed by atoms with Gasteiger partial charge in [-0.3, -0.25) is 4.90 Å². The van der Waals surface area contributed by atoms with Crippen molar-refractivity contribution in [2.75, 3.05) is 25.1 Å². The molecule has 0 saturated heterocycles. The second-order valence-corrected chi connectivity index (χ2v) is 5.22. The van der Waals surface area contributed by atoms with Gasteiger partial charge in [-0.05, 0) is 26.1 Å². The van der Waals surface area contributed by atoms with Crippen molar-refractivity contribution in [2.45, 2.75) is 11.8 Å². The number of rotatable bonds is 1. The molecule has 1 aromatic rings. The summed E-state index contributed by atoms with van der Waals surface area (Å²) in [6, 6.07) is 5.36. The Balaban J connectivity index is 2.65. The van der Waals surface area contributed by atoms with Gasteiger partial charge in [0.25, 0.3) is 5.60 Å². The van der Waals surface area contributed by atoms with Crippen molar-refractivity contribution in [1.82, 2.24) is 4.90 Å². The van der Waals surface area contributed by atoms with E-state index in [0.29, 0.717) is 4.42 Å². The van der Waals surface area contributed by atoms with Crippen LogP contribution in [-0.4, -0.2) is 37.8 Å². The van der Waals surface area contributed by atoms with E-state index < -0.39 is 17.9 Å². The molecule has 22 heavy (non-hydrogen) atoms. The third-order valence-electron chi connectivity index (χ3n) is 2.95. The Hall–Kier alpha value is -1.91. The fourth-order valence-corrected chi connectivity index (χ4v) is 2.15. The van der Waals surface area contributed by atoms with Gasteiger partial charge < -0.3 is 4.74 Å². The van der Waals surface area contributed by atoms with Gasteiger partial charge in [-0.2, -0.15) is 17.6 Å². The minimum absolute atomic E-state index is 0.0855. The highest BCUT2D eigenvalue weighted by molar-refractivity contribution is 6.36. The summed E-state index contributed by atoms with van der Waals surface area (Å²) in [5.41, 5.74) is -3.44. The van der Waals surface area contributed by atoms with E-state index in [1.165, 1.54) is 24.3 Å². The molecule has 8 heteroatoms. The lowest BCUT2D eigenvalue weighted by molar-refractivity contribution is -0.240. The van der Waals surface area contributed by atoms with Crippen LogP contribution < -0.4 is 4.42 Å². The lowest BCUT2D eigenvalue weighted by Gasteiger charge is -2.37. The fourth-order valence-electron chi connectivity index (χ4n) is 1.96. The molecule has 118 valence electrons. The number of anilines is 1. The Bertz CT molecular complexity index is 651. The zero-order valence-corrected chi connectivity index (χ0v) is 12.5. The Labute approximate surface area is 130 Å². The minimum atomic E-state index is -4.91. The Kier molecular flexibility index (Phi) is 4.27. The maximum atomic E-state index is 13.6. The molecule has 0 saturated carbocycles. The summed E-state index contributed by atoms with van der Waals surface area (Å²) >= 11 is 5.69. The minimum Gasteiger partial charge on any atom is -0.414 e. The molecule has 1 aromatic carbocycles. The topological polar surface area (TPSA) is 32.8 Å². The third-order valence-corrected chi connectivity index (χ3v) is 3.27. The first-order chi connectivity index (χ1) is 10.2. The maximum Gasteiger partial charge on any atom is 0.445 e. The quantitative estimate of drug-likeness (QED) is 0.585. The Morgan fingerprint density at radius 2 is 2.00 bits per heavy atom. The highest BCUT2D eigenvalue weighted by atomic mass is 35.5. The summed E-state index contributed by atoms with van der Waals surface area (Å²) in [6.07, 6.45) is -6.23. The number of alkyl halides is 3. The summed E-state index contributed by atoms with van der Waals surface area (Å²) in [5, 5.41) is 0. The SMILES string of the molecule is CN(C)CC#CC1(C(F)(F)F)OC(=O)N(Cl)c2ccccc21. The molecule has 1 unspecified atom stereocenters. The van der Waals surface area contributed by atoms with Gasteiger partial charge in [0.2, 0.25) is 0 Å². The normalized spacial score (nSPS) is 21.0. The molecule has 1 heterocycles. The zero-order chi connectivity index (χ0) is 16.5. The molecular formula is C14H12ClF3N2O2. The van der Waals surface area contributed by atoms with E-state index in [1.54, 1.807) is 19.0 Å². The first-order valence-electron chi connectivity index (χ1n) is 6.19. The monoisotopic (exact) mass is 332 g/mol. The second kappa shape index (κ2) is 5.71. The number of ether oxygens (including phenoxy) is 1. The smallest absolute Gasteiger partial charge is 0.414 e. The van der Waals surface area contributed by atoms with Gasteiger partial charge in [-0.15, -0.1) is 0 Å². The summed E-state index contributed by atoms with van der Waals surface area (Å²) in [6.45, 7) is 0.0855. The molecular weight excluding hydrogens is 321 g/mol. The van der Waals surface area contributed by atoms with Gasteiger partial charge in [0, 0.05) is 17.3 Å². The molecule has 0 N–H and O–H groups in total. The summed E-state index contributed by atoms with van der Waals surface area (Å²) in [5.74, 6) is 4.46. The Morgan fingerprint density at radius 3 is 2.59 bits per heavy atom. The van der Waals surface area contributed by atoms with E-state index in [9.17, 15) is 18.0 Å². The molecule has 2 rings (SSSR count). The van der Waals surface area contributed by atoms with Crippen molar-refractivity contribution < 1.29 is 22.7 Å². The van der Waals surface area contributed by atoms with Gasteiger partial charge >= 0.3 is 12.3 Å². The molecule has 1 aliphatic rings. The summed E-state index contributed by atoms with van der Waals surface area (Å²) in [4.78, 5) is 13.3. The number of halogens is 4. The number of carbonyl (C=O) groups excluding carboxylic acids is 1. The molecule has 0 aliphatic carbocycles. The first-order valence-corrected chi connectivity index (χ1v) is 6.53. The molecule has 1 amide bonds. The van der Waals surface area contributed by atoms with Gasteiger partial charge in [0.15, 0.2) is 0 Å². The molecule has 1 aliphatic heterocycles. The molecule has 0 spiro atoms. The lowest BCUT2D eigenvalue weighted by Crippen LogP contribution is -2.51. The van der Waals surface area contributed by atoms with Crippen molar-refractivity contribution in [3.8, 4) is 11.8 Å². The molecule has 4 nitrogen and oxygen atoms in total. The first kappa shape index (κ1) is 16.5. The van der Waals surface area contributed by atoms with Gasteiger partial charge in [0.1, 0.15) is 0 Å². The van der Waals surface area contributed by atoms with Crippen LogP contribution >= 0.6 is 11.8 Å². The fraction of sp³-hybridized carbons (Fsp3) is 0.357. The van der Waals surface area contributed by atoms with Gasteiger partial charge in [0.05, 0.1) is 12.2 Å². The van der Waals surface area contributed by atoms with Crippen LogP contribution in [0.3, 0.4) is 0 Å². The van der Waals surface area contributed by atoms with Crippen molar-refractivity contribution in [3.63, 3.8) is 0 Å². The number of hydrogen-bond donors (Lipinski definition) is 0. The largest absolute Gasteiger partial charge is 0.445 e. The van der Waals surface area contributed by atoms with Crippen LogP contribution in [0.2, 0.25) is 0 Å².